The van der Waals surface area contributed by atoms with Gasteiger partial charge < -0.3 is 9.84 Å². The minimum atomic E-state index is -2.58. The van der Waals surface area contributed by atoms with E-state index in [9.17, 15) is 8.78 Å². The number of nitrogens with one attached hydrogen (secondary N) is 1. The van der Waals surface area contributed by atoms with E-state index >= 15 is 0 Å². The van der Waals surface area contributed by atoms with Crippen LogP contribution in [-0.4, -0.2) is 29.2 Å². The summed E-state index contributed by atoms with van der Waals surface area (Å²) in [6, 6.07) is 0.228. The smallest absolute Gasteiger partial charge is 0.248 e. The zero-order chi connectivity index (χ0) is 13.2. The maximum absolute atomic E-state index is 13.3. The van der Waals surface area contributed by atoms with Crippen molar-refractivity contribution < 1.29 is 13.3 Å². The van der Waals surface area contributed by atoms with Gasteiger partial charge in [0.2, 0.25) is 11.8 Å². The number of nitrogens with zero attached hydrogens (tertiary/aromatic N) is 2. The second kappa shape index (κ2) is 5.30. The first-order valence-electron chi connectivity index (χ1n) is 6.38. The molecule has 1 aliphatic carbocycles. The van der Waals surface area contributed by atoms with E-state index in [1.807, 2.05) is 14.0 Å². The molecule has 1 saturated carbocycles. The number of likely N-dealkylation sites (N-methyl/N-ethyl adjacent to an activating group) is 1. The van der Waals surface area contributed by atoms with Gasteiger partial charge in [0.1, 0.15) is 0 Å². The SMILES string of the molecule is CNC(C)Cc1nc(C2CCCC(F)(F)C2)no1. The van der Waals surface area contributed by atoms with Crippen molar-refractivity contribution in [2.24, 2.45) is 0 Å². The van der Waals surface area contributed by atoms with Gasteiger partial charge in [-0.25, -0.2) is 8.78 Å². The second-order valence-corrected chi connectivity index (χ2v) is 5.09. The Hall–Kier alpha value is -1.04. The molecule has 1 aromatic heterocycles. The third kappa shape index (κ3) is 3.25. The summed E-state index contributed by atoms with van der Waals surface area (Å²) in [6.45, 7) is 2.00. The van der Waals surface area contributed by atoms with Gasteiger partial charge in [0, 0.05) is 31.2 Å². The van der Waals surface area contributed by atoms with E-state index in [0.29, 0.717) is 24.6 Å². The maximum atomic E-state index is 13.3. The maximum Gasteiger partial charge on any atom is 0.248 e. The van der Waals surface area contributed by atoms with E-state index in [1.54, 1.807) is 0 Å². The number of hydrogen-bond acceptors (Lipinski definition) is 4. The molecule has 1 aliphatic rings. The average molecular weight is 259 g/mol. The van der Waals surface area contributed by atoms with Gasteiger partial charge in [-0.1, -0.05) is 5.16 Å². The lowest BCUT2D eigenvalue weighted by Gasteiger charge is -2.26. The van der Waals surface area contributed by atoms with Crippen molar-refractivity contribution in [2.75, 3.05) is 7.05 Å². The first-order chi connectivity index (χ1) is 8.50. The molecule has 102 valence electrons. The van der Waals surface area contributed by atoms with Crippen molar-refractivity contribution in [1.29, 1.82) is 0 Å². The molecule has 2 unspecified atom stereocenters. The minimum Gasteiger partial charge on any atom is -0.339 e. The summed E-state index contributed by atoms with van der Waals surface area (Å²) in [5.74, 6) is -1.90. The Kier molecular flexibility index (Phi) is 3.94. The van der Waals surface area contributed by atoms with Crippen LogP contribution in [0.15, 0.2) is 4.52 Å². The van der Waals surface area contributed by atoms with Crippen LogP contribution in [0, 0.1) is 0 Å². The molecule has 0 aliphatic heterocycles. The van der Waals surface area contributed by atoms with Gasteiger partial charge in [0.05, 0.1) is 0 Å². The Morgan fingerprint density at radius 3 is 3.00 bits per heavy atom. The topological polar surface area (TPSA) is 51.0 Å². The van der Waals surface area contributed by atoms with Crippen molar-refractivity contribution in [3.05, 3.63) is 11.7 Å². The van der Waals surface area contributed by atoms with E-state index < -0.39 is 5.92 Å². The third-order valence-corrected chi connectivity index (χ3v) is 3.46. The van der Waals surface area contributed by atoms with Crippen LogP contribution in [-0.2, 0) is 6.42 Å². The van der Waals surface area contributed by atoms with E-state index in [0.717, 1.165) is 6.42 Å². The highest BCUT2D eigenvalue weighted by Gasteiger charge is 2.38. The van der Waals surface area contributed by atoms with Crippen molar-refractivity contribution in [3.63, 3.8) is 0 Å². The van der Waals surface area contributed by atoms with Crippen LogP contribution in [0.1, 0.15) is 50.2 Å². The molecule has 1 heterocycles. The lowest BCUT2D eigenvalue weighted by molar-refractivity contribution is -0.0418. The number of halogens is 2. The Bertz CT molecular complexity index is 394. The van der Waals surface area contributed by atoms with E-state index in [1.165, 1.54) is 0 Å². The van der Waals surface area contributed by atoms with Gasteiger partial charge in [0.15, 0.2) is 5.82 Å². The fraction of sp³-hybridized carbons (Fsp3) is 0.833. The normalized spacial score (nSPS) is 25.0. The summed E-state index contributed by atoms with van der Waals surface area (Å²) < 4.78 is 31.7. The number of rotatable bonds is 4. The van der Waals surface area contributed by atoms with Crippen LogP contribution in [0.5, 0.6) is 0 Å². The average Bonchev–Trinajstić information content (AvgIpc) is 2.76. The molecule has 0 radical (unpaired) electrons. The number of aromatic nitrogens is 2. The lowest BCUT2D eigenvalue weighted by atomic mass is 9.86. The van der Waals surface area contributed by atoms with Crippen LogP contribution in [0.25, 0.3) is 0 Å². The fourth-order valence-electron chi connectivity index (χ4n) is 2.27. The highest BCUT2D eigenvalue weighted by molar-refractivity contribution is 5.00. The fourth-order valence-corrected chi connectivity index (χ4v) is 2.27. The molecular weight excluding hydrogens is 240 g/mol. The summed E-state index contributed by atoms with van der Waals surface area (Å²) in [6.07, 6.45) is 1.68. The molecule has 2 atom stereocenters. The van der Waals surface area contributed by atoms with Crippen molar-refractivity contribution in [3.8, 4) is 0 Å². The first kappa shape index (κ1) is 13.4. The highest BCUT2D eigenvalue weighted by Crippen LogP contribution is 2.40. The van der Waals surface area contributed by atoms with Gasteiger partial charge in [-0.05, 0) is 26.8 Å². The van der Waals surface area contributed by atoms with Crippen molar-refractivity contribution >= 4 is 0 Å². The number of alkyl halides is 2. The summed E-state index contributed by atoms with van der Waals surface area (Å²) in [5, 5.41) is 6.91. The highest BCUT2D eigenvalue weighted by atomic mass is 19.3. The monoisotopic (exact) mass is 259 g/mol. The molecule has 0 bridgehead atoms. The standard InChI is InChI=1S/C12H19F2N3O/c1-8(15-2)6-10-16-11(17-18-10)9-4-3-5-12(13,14)7-9/h8-9,15H,3-7H2,1-2H3. The van der Waals surface area contributed by atoms with Crippen LogP contribution in [0.4, 0.5) is 8.78 Å². The van der Waals surface area contributed by atoms with Crippen molar-refractivity contribution in [2.45, 2.75) is 56.9 Å². The molecule has 0 spiro atoms. The predicted molar refractivity (Wildman–Crippen MR) is 62.7 cm³/mol. The van der Waals surface area contributed by atoms with Crippen LogP contribution in [0.2, 0.25) is 0 Å². The van der Waals surface area contributed by atoms with Crippen LogP contribution in [0.3, 0.4) is 0 Å². The summed E-state index contributed by atoms with van der Waals surface area (Å²) in [5.41, 5.74) is 0. The largest absolute Gasteiger partial charge is 0.339 e. The molecule has 0 amide bonds. The molecular formula is C12H19F2N3O. The first-order valence-corrected chi connectivity index (χ1v) is 6.38. The second-order valence-electron chi connectivity index (χ2n) is 5.09. The molecule has 2 rings (SSSR count). The molecule has 18 heavy (non-hydrogen) atoms. The van der Waals surface area contributed by atoms with Gasteiger partial charge in [-0.3, -0.25) is 0 Å². The Morgan fingerprint density at radius 2 is 2.33 bits per heavy atom. The van der Waals surface area contributed by atoms with Crippen molar-refractivity contribution in [1.82, 2.24) is 15.5 Å². The quantitative estimate of drug-likeness (QED) is 0.902. The van der Waals surface area contributed by atoms with Crippen LogP contribution >= 0.6 is 0 Å². The molecule has 4 nitrogen and oxygen atoms in total. The zero-order valence-electron chi connectivity index (χ0n) is 10.7. The van der Waals surface area contributed by atoms with Crippen LogP contribution < -0.4 is 5.32 Å². The molecule has 6 heteroatoms. The summed E-state index contributed by atoms with van der Waals surface area (Å²) in [7, 11) is 1.85. The Labute approximate surface area is 105 Å². The van der Waals surface area contributed by atoms with E-state index in [2.05, 4.69) is 15.5 Å². The predicted octanol–water partition coefficient (Wildman–Crippen LogP) is 2.51. The zero-order valence-corrected chi connectivity index (χ0v) is 10.7. The van der Waals surface area contributed by atoms with Gasteiger partial charge in [-0.15, -0.1) is 0 Å². The number of hydrogen-bond donors (Lipinski definition) is 1. The minimum absolute atomic E-state index is 0.0228. The summed E-state index contributed by atoms with van der Waals surface area (Å²) in [4.78, 5) is 4.24. The molecule has 1 aromatic rings. The molecule has 0 saturated heterocycles. The van der Waals surface area contributed by atoms with Gasteiger partial charge in [-0.2, -0.15) is 4.98 Å². The third-order valence-electron chi connectivity index (χ3n) is 3.46. The van der Waals surface area contributed by atoms with E-state index in [4.69, 9.17) is 4.52 Å². The summed E-state index contributed by atoms with van der Waals surface area (Å²) >= 11 is 0. The molecule has 1 N–H and O–H groups in total. The van der Waals surface area contributed by atoms with E-state index in [-0.39, 0.29) is 24.8 Å². The molecule has 1 fully saturated rings. The Morgan fingerprint density at radius 1 is 1.56 bits per heavy atom. The molecule has 0 aromatic carbocycles. The van der Waals surface area contributed by atoms with Gasteiger partial charge in [0.25, 0.3) is 0 Å². The Balaban J connectivity index is 2.01. The lowest BCUT2D eigenvalue weighted by Crippen LogP contribution is -2.25. The van der Waals surface area contributed by atoms with Gasteiger partial charge >= 0.3 is 0 Å².